The van der Waals surface area contributed by atoms with Gasteiger partial charge in [0.25, 0.3) is 5.79 Å². The SMILES string of the molecule is CC(C)(C)OC(=O)N1CCC2(CC1)OC(=O)c1cc(B3OC(C)(C)C(C)(C)O3)ccc1O2. The van der Waals surface area contributed by atoms with Gasteiger partial charge >= 0.3 is 19.2 Å². The van der Waals surface area contributed by atoms with Gasteiger partial charge in [0.1, 0.15) is 16.9 Å². The number of carbonyl (C=O) groups excluding carboxylic acids is 2. The summed E-state index contributed by atoms with van der Waals surface area (Å²) >= 11 is 0. The second-order valence-electron chi connectivity index (χ2n) is 10.7. The second-order valence-corrected chi connectivity index (χ2v) is 10.7. The standard InChI is InChI=1S/C23H32BNO7/c1-20(2,3)30-19(27)25-12-10-23(11-13-25)28-17-9-8-15(14-16(17)18(26)29-23)24-31-21(4,5)22(6,7)32-24/h8-9,14H,10-13H2,1-7H3. The van der Waals surface area contributed by atoms with Crippen molar-refractivity contribution in [1.29, 1.82) is 0 Å². The minimum Gasteiger partial charge on any atom is -0.451 e. The van der Waals surface area contributed by atoms with Crippen LogP contribution >= 0.6 is 0 Å². The van der Waals surface area contributed by atoms with Crippen molar-refractivity contribution in [3.05, 3.63) is 23.8 Å². The number of piperidine rings is 1. The van der Waals surface area contributed by atoms with E-state index in [1.54, 1.807) is 17.0 Å². The van der Waals surface area contributed by atoms with E-state index in [1.807, 2.05) is 54.5 Å². The highest BCUT2D eigenvalue weighted by Gasteiger charge is 2.52. The number of nitrogens with zero attached hydrogens (tertiary/aromatic N) is 1. The zero-order valence-corrected chi connectivity index (χ0v) is 19.9. The van der Waals surface area contributed by atoms with Gasteiger partial charge in [0.15, 0.2) is 0 Å². The smallest absolute Gasteiger partial charge is 0.451 e. The Morgan fingerprint density at radius 2 is 1.62 bits per heavy atom. The molecule has 1 amide bonds. The third kappa shape index (κ3) is 4.20. The van der Waals surface area contributed by atoms with E-state index in [-0.39, 0.29) is 6.09 Å². The first-order chi connectivity index (χ1) is 14.7. The monoisotopic (exact) mass is 445 g/mol. The largest absolute Gasteiger partial charge is 0.494 e. The van der Waals surface area contributed by atoms with Crippen LogP contribution in [0.1, 0.15) is 71.7 Å². The second kappa shape index (κ2) is 7.38. The van der Waals surface area contributed by atoms with E-state index in [9.17, 15) is 9.59 Å². The van der Waals surface area contributed by atoms with Crippen molar-refractivity contribution in [2.24, 2.45) is 0 Å². The number of amides is 1. The van der Waals surface area contributed by atoms with Crippen LogP contribution < -0.4 is 10.2 Å². The molecule has 0 saturated carbocycles. The summed E-state index contributed by atoms with van der Waals surface area (Å²) in [4.78, 5) is 26.8. The lowest BCUT2D eigenvalue weighted by Gasteiger charge is -2.43. The van der Waals surface area contributed by atoms with Gasteiger partial charge in [0, 0.05) is 25.9 Å². The number of esters is 1. The van der Waals surface area contributed by atoms with Gasteiger partial charge in [-0.05, 0) is 66.1 Å². The van der Waals surface area contributed by atoms with Crippen molar-refractivity contribution in [1.82, 2.24) is 4.90 Å². The van der Waals surface area contributed by atoms with E-state index in [4.69, 9.17) is 23.5 Å². The Bertz CT molecular complexity index is 913. The Morgan fingerprint density at radius 3 is 2.19 bits per heavy atom. The average Bonchev–Trinajstić information content (AvgIpc) is 2.88. The normalized spacial score (nSPS) is 23.4. The molecule has 3 heterocycles. The predicted octanol–water partition coefficient (Wildman–Crippen LogP) is 3.26. The number of fused-ring (bicyclic) bond motifs is 1. The predicted molar refractivity (Wildman–Crippen MR) is 118 cm³/mol. The number of hydrogen-bond acceptors (Lipinski definition) is 7. The van der Waals surface area contributed by atoms with Gasteiger partial charge in [-0.2, -0.15) is 0 Å². The van der Waals surface area contributed by atoms with Crippen LogP contribution in [0.15, 0.2) is 18.2 Å². The molecule has 1 aromatic rings. The summed E-state index contributed by atoms with van der Waals surface area (Å²) in [6.45, 7) is 14.2. The van der Waals surface area contributed by atoms with Crippen molar-refractivity contribution in [3.63, 3.8) is 0 Å². The maximum Gasteiger partial charge on any atom is 0.494 e. The van der Waals surface area contributed by atoms with Gasteiger partial charge in [-0.15, -0.1) is 0 Å². The van der Waals surface area contributed by atoms with Crippen LogP contribution in [0.4, 0.5) is 4.79 Å². The molecule has 2 saturated heterocycles. The molecule has 2 fully saturated rings. The summed E-state index contributed by atoms with van der Waals surface area (Å²) < 4.78 is 29.5. The third-order valence-electron chi connectivity index (χ3n) is 6.50. The molecule has 1 aromatic carbocycles. The van der Waals surface area contributed by atoms with Crippen molar-refractivity contribution >= 4 is 24.6 Å². The van der Waals surface area contributed by atoms with Crippen LogP contribution in [0.25, 0.3) is 0 Å². The van der Waals surface area contributed by atoms with E-state index in [0.29, 0.717) is 37.2 Å². The number of rotatable bonds is 1. The van der Waals surface area contributed by atoms with Crippen molar-refractivity contribution in [2.45, 2.75) is 83.9 Å². The van der Waals surface area contributed by atoms with Gasteiger partial charge < -0.3 is 28.4 Å². The molecule has 3 aliphatic rings. The molecule has 32 heavy (non-hydrogen) atoms. The zero-order valence-electron chi connectivity index (χ0n) is 19.9. The summed E-state index contributed by atoms with van der Waals surface area (Å²) in [5.41, 5.74) is -0.433. The fourth-order valence-electron chi connectivity index (χ4n) is 3.93. The van der Waals surface area contributed by atoms with Crippen LogP contribution in [0, 0.1) is 0 Å². The topological polar surface area (TPSA) is 83.5 Å². The molecule has 1 spiro atoms. The average molecular weight is 445 g/mol. The number of benzene rings is 1. The van der Waals surface area contributed by atoms with Gasteiger partial charge in [0.2, 0.25) is 0 Å². The summed E-state index contributed by atoms with van der Waals surface area (Å²) in [6, 6.07) is 5.32. The minimum atomic E-state index is -1.07. The first-order valence-electron chi connectivity index (χ1n) is 11.1. The molecule has 0 atom stereocenters. The Hall–Kier alpha value is -2.26. The molecular formula is C23H32BNO7. The highest BCUT2D eigenvalue weighted by molar-refractivity contribution is 6.62. The Labute approximate surface area is 189 Å². The fourth-order valence-corrected chi connectivity index (χ4v) is 3.93. The first kappa shape index (κ1) is 22.9. The lowest BCUT2D eigenvalue weighted by molar-refractivity contribution is -0.178. The van der Waals surface area contributed by atoms with E-state index in [2.05, 4.69) is 0 Å². The van der Waals surface area contributed by atoms with Crippen LogP contribution in [0.5, 0.6) is 5.75 Å². The number of hydrogen-bond donors (Lipinski definition) is 0. The molecule has 3 aliphatic heterocycles. The number of likely N-dealkylation sites (tertiary alicyclic amines) is 1. The van der Waals surface area contributed by atoms with E-state index >= 15 is 0 Å². The summed E-state index contributed by atoms with van der Waals surface area (Å²) in [5.74, 6) is -1.06. The van der Waals surface area contributed by atoms with Crippen molar-refractivity contribution in [3.8, 4) is 5.75 Å². The molecule has 8 nitrogen and oxygen atoms in total. The van der Waals surface area contributed by atoms with E-state index in [0.717, 1.165) is 5.46 Å². The molecule has 0 aliphatic carbocycles. The van der Waals surface area contributed by atoms with Crippen LogP contribution in [-0.4, -0.2) is 59.8 Å². The molecule has 0 aromatic heterocycles. The third-order valence-corrected chi connectivity index (χ3v) is 6.50. The number of ether oxygens (including phenoxy) is 3. The highest BCUT2D eigenvalue weighted by Crippen LogP contribution is 2.39. The lowest BCUT2D eigenvalue weighted by atomic mass is 9.78. The Balaban J connectivity index is 1.46. The summed E-state index contributed by atoms with van der Waals surface area (Å²) in [6.07, 6.45) is 0.370. The van der Waals surface area contributed by atoms with Crippen LogP contribution in [-0.2, 0) is 18.8 Å². The van der Waals surface area contributed by atoms with E-state index in [1.165, 1.54) is 0 Å². The van der Waals surface area contributed by atoms with E-state index < -0.39 is 35.7 Å². The van der Waals surface area contributed by atoms with Crippen LogP contribution in [0.3, 0.4) is 0 Å². The van der Waals surface area contributed by atoms with Gasteiger partial charge in [-0.1, -0.05) is 6.07 Å². The fraction of sp³-hybridized carbons (Fsp3) is 0.652. The van der Waals surface area contributed by atoms with Crippen molar-refractivity contribution in [2.75, 3.05) is 13.1 Å². The molecule has 0 radical (unpaired) electrons. The zero-order chi connectivity index (χ0) is 23.5. The Kier molecular flexibility index (Phi) is 5.29. The van der Waals surface area contributed by atoms with Crippen LogP contribution in [0.2, 0.25) is 0 Å². The molecular weight excluding hydrogens is 413 g/mol. The maximum atomic E-state index is 12.9. The highest BCUT2D eigenvalue weighted by atomic mass is 16.7. The first-order valence-corrected chi connectivity index (χ1v) is 11.1. The molecule has 0 N–H and O–H groups in total. The lowest BCUT2D eigenvalue weighted by Crippen LogP contribution is -2.54. The van der Waals surface area contributed by atoms with Gasteiger partial charge in [0.05, 0.1) is 11.2 Å². The summed E-state index contributed by atoms with van der Waals surface area (Å²) in [5, 5.41) is 0. The molecule has 9 heteroatoms. The molecule has 0 bridgehead atoms. The Morgan fingerprint density at radius 1 is 1.03 bits per heavy atom. The van der Waals surface area contributed by atoms with Gasteiger partial charge in [-0.25, -0.2) is 9.59 Å². The maximum absolute atomic E-state index is 12.9. The van der Waals surface area contributed by atoms with Gasteiger partial charge in [-0.3, -0.25) is 0 Å². The minimum absolute atomic E-state index is 0.345. The molecule has 4 rings (SSSR count). The molecule has 0 unspecified atom stereocenters. The summed E-state index contributed by atoms with van der Waals surface area (Å²) in [7, 11) is -0.578. The quantitative estimate of drug-likeness (QED) is 0.485. The number of carbonyl (C=O) groups is 2. The van der Waals surface area contributed by atoms with Crippen molar-refractivity contribution < 1.29 is 33.1 Å². The molecule has 174 valence electrons.